The Morgan fingerprint density at radius 2 is 0.968 bits per heavy atom. The summed E-state index contributed by atoms with van der Waals surface area (Å²) >= 11 is 0. The minimum atomic E-state index is -2.50. The van der Waals surface area contributed by atoms with Crippen molar-refractivity contribution in [3.63, 3.8) is 0 Å². The Morgan fingerprint density at radius 1 is 0.516 bits per heavy atom. The van der Waals surface area contributed by atoms with Crippen LogP contribution in [0.1, 0.15) is 163 Å². The first-order valence-corrected chi connectivity index (χ1v) is 32.8. The molecule has 528 valence electrons. The van der Waals surface area contributed by atoms with Gasteiger partial charge in [-0.25, -0.2) is 0 Å². The van der Waals surface area contributed by atoms with Crippen molar-refractivity contribution in [2.24, 2.45) is 47.3 Å². The Balaban J connectivity index is 3.19. The molecule has 0 aromatic rings. The Morgan fingerprint density at radius 3 is 1.42 bits per heavy atom. The number of amides is 13. The van der Waals surface area contributed by atoms with E-state index < -0.39 is 179 Å². The number of nitrogens with zero attached hydrogens (tertiary/aromatic N) is 8. The van der Waals surface area contributed by atoms with Gasteiger partial charge < -0.3 is 60.7 Å². The third kappa shape index (κ3) is 20.0. The van der Waals surface area contributed by atoms with E-state index in [4.69, 9.17) is 0 Å². The molecule has 0 bridgehead atoms. The number of likely N-dealkylation sites (N-methyl/N-ethyl adjacent to an activating group) is 7. The minimum Gasteiger partial charge on any atom is -0.390 e. The summed E-state index contributed by atoms with van der Waals surface area (Å²) in [6.07, 6.45) is 1.16. The third-order valence-electron chi connectivity index (χ3n) is 18.2. The molecule has 13 atom stereocenters. The van der Waals surface area contributed by atoms with E-state index in [2.05, 4.69) is 21.3 Å². The standard InChI is InChI=1S/C66H114N12O15/c1-25-27-28-41(15)54(81)53-58(85)69-45(26-2)61(88)71(18)34-51(80)72(19)46(29-35(3)4)57(84)70-52(39(11)12)64(91)73(20)47(30-36(5)6)56(83)67-42(16)55(82)68-43(17)59(86)74(21)48(31-37(7)8)62(89)75(22)49(32-38(9)10)63(90)77(24)66(40(13)14,65(92)76(53)23)44-33-50(79)78(93)60(44)87/h25,27,35-49,52-54,81,93H,26,28-34H2,1-24H3,(H,67,83)(H,68,82)(H,69,85)(H,70,84)/b27-25+/t41-,42+,43-,44?,45+,46+,47+,48+,49+,52+,53+,54-,66+/m1/s1. The highest BCUT2D eigenvalue weighted by Gasteiger charge is 2.63. The molecule has 2 heterocycles. The highest BCUT2D eigenvalue weighted by molar-refractivity contribution is 6.08. The van der Waals surface area contributed by atoms with Crippen molar-refractivity contribution in [3.8, 4) is 0 Å². The normalized spacial score (nSPS) is 28.2. The number of aliphatic hydroxyl groups excluding tert-OH is 1. The van der Waals surface area contributed by atoms with Crippen molar-refractivity contribution in [2.75, 3.05) is 55.9 Å². The van der Waals surface area contributed by atoms with Gasteiger partial charge in [0.25, 0.3) is 11.8 Å². The monoisotopic (exact) mass is 1310 g/mol. The number of carbonyl (C=O) groups is 13. The average molecular weight is 1320 g/mol. The summed E-state index contributed by atoms with van der Waals surface area (Å²) in [6.45, 7) is 28.0. The van der Waals surface area contributed by atoms with Gasteiger partial charge in [-0.15, -0.1) is 0 Å². The number of aliphatic hydroxyl groups is 1. The Bertz CT molecular complexity index is 2720. The first-order chi connectivity index (χ1) is 42.9. The summed E-state index contributed by atoms with van der Waals surface area (Å²) in [5.74, 6) is -16.6. The zero-order chi connectivity index (χ0) is 71.9. The highest BCUT2D eigenvalue weighted by Crippen LogP contribution is 2.42. The Labute approximate surface area is 552 Å². The van der Waals surface area contributed by atoms with Crippen molar-refractivity contribution in [2.45, 2.75) is 229 Å². The molecule has 0 aliphatic carbocycles. The maximum absolute atomic E-state index is 16.2. The molecular weight excluding hydrogens is 1200 g/mol. The number of nitrogens with one attached hydrogen (secondary N) is 4. The van der Waals surface area contributed by atoms with Crippen molar-refractivity contribution < 1.29 is 72.6 Å². The van der Waals surface area contributed by atoms with Crippen molar-refractivity contribution in [3.05, 3.63) is 12.2 Å². The average Bonchev–Trinajstić information content (AvgIpc) is 1.72. The Hall–Kier alpha value is -7.03. The van der Waals surface area contributed by atoms with Crippen molar-refractivity contribution >= 4 is 76.8 Å². The molecule has 0 aromatic carbocycles. The van der Waals surface area contributed by atoms with Crippen LogP contribution in [0, 0.1) is 47.3 Å². The predicted octanol–water partition coefficient (Wildman–Crippen LogP) is 2.40. The lowest BCUT2D eigenvalue weighted by Gasteiger charge is -2.50. The quantitative estimate of drug-likeness (QED) is 0.0734. The van der Waals surface area contributed by atoms with Crippen LogP contribution in [0.25, 0.3) is 0 Å². The summed E-state index contributed by atoms with van der Waals surface area (Å²) in [5, 5.41) is 34.0. The first kappa shape index (κ1) is 82.1. The molecule has 0 saturated carbocycles. The molecule has 2 aliphatic heterocycles. The molecule has 2 rings (SSSR count). The van der Waals surface area contributed by atoms with E-state index >= 15 is 19.2 Å². The molecular formula is C66H114N12O15. The van der Waals surface area contributed by atoms with Gasteiger partial charge in [-0.3, -0.25) is 67.5 Å². The summed E-state index contributed by atoms with van der Waals surface area (Å²) in [7, 11) is 9.19. The fourth-order valence-corrected chi connectivity index (χ4v) is 12.4. The lowest BCUT2D eigenvalue weighted by Crippen LogP contribution is -2.72. The zero-order valence-corrected chi connectivity index (χ0v) is 60.0. The fourth-order valence-electron chi connectivity index (χ4n) is 12.4. The van der Waals surface area contributed by atoms with E-state index in [0.717, 1.165) is 36.4 Å². The molecule has 27 heteroatoms. The van der Waals surface area contributed by atoms with Crippen LogP contribution >= 0.6 is 0 Å². The number of allylic oxidation sites excluding steroid dienone is 2. The van der Waals surface area contributed by atoms with E-state index in [-0.39, 0.29) is 67.3 Å². The second-order valence-corrected chi connectivity index (χ2v) is 28.1. The number of imide groups is 1. The minimum absolute atomic E-state index is 0.0404. The van der Waals surface area contributed by atoms with E-state index in [1.165, 1.54) is 74.9 Å². The van der Waals surface area contributed by atoms with E-state index in [0.29, 0.717) is 0 Å². The molecule has 1 unspecified atom stereocenters. The number of carbonyl (C=O) groups excluding carboxylic acids is 13. The molecule has 2 saturated heterocycles. The lowest BCUT2D eigenvalue weighted by molar-refractivity contribution is -0.179. The largest absolute Gasteiger partial charge is 0.390 e. The van der Waals surface area contributed by atoms with E-state index in [1.807, 2.05) is 41.5 Å². The van der Waals surface area contributed by atoms with Crippen LogP contribution in [-0.4, -0.2) is 248 Å². The highest BCUT2D eigenvalue weighted by atomic mass is 16.5. The fraction of sp³-hybridized carbons (Fsp3) is 0.773. The van der Waals surface area contributed by atoms with Gasteiger partial charge in [0.1, 0.15) is 59.9 Å². The second-order valence-electron chi connectivity index (χ2n) is 28.1. The molecule has 0 radical (unpaired) electrons. The van der Waals surface area contributed by atoms with Gasteiger partial charge in [-0.05, 0) is 101 Å². The van der Waals surface area contributed by atoms with E-state index in [1.54, 1.807) is 60.6 Å². The molecule has 2 fully saturated rings. The number of hydrogen-bond donors (Lipinski definition) is 6. The number of hydrogen-bond acceptors (Lipinski definition) is 15. The summed E-state index contributed by atoms with van der Waals surface area (Å²) in [5.41, 5.74) is -2.50. The van der Waals surface area contributed by atoms with E-state index in [9.17, 15) is 53.5 Å². The molecule has 0 aromatic heterocycles. The van der Waals surface area contributed by atoms with Gasteiger partial charge in [0.05, 0.1) is 18.6 Å². The molecule has 93 heavy (non-hydrogen) atoms. The third-order valence-corrected chi connectivity index (χ3v) is 18.2. The van der Waals surface area contributed by atoms with Gasteiger partial charge in [-0.2, -0.15) is 5.06 Å². The van der Waals surface area contributed by atoms with Crippen LogP contribution in [0.4, 0.5) is 0 Å². The lowest BCUT2D eigenvalue weighted by atomic mass is 9.71. The molecule has 2 aliphatic rings. The maximum Gasteiger partial charge on any atom is 0.259 e. The predicted molar refractivity (Wildman–Crippen MR) is 349 cm³/mol. The summed E-state index contributed by atoms with van der Waals surface area (Å²) in [4.78, 5) is 199. The molecule has 0 spiro atoms. The van der Waals surface area contributed by atoms with Gasteiger partial charge in [0.2, 0.25) is 65.0 Å². The van der Waals surface area contributed by atoms with Gasteiger partial charge in [0, 0.05) is 55.8 Å². The zero-order valence-electron chi connectivity index (χ0n) is 60.0. The van der Waals surface area contributed by atoms with Crippen LogP contribution in [0.15, 0.2) is 12.2 Å². The van der Waals surface area contributed by atoms with Crippen molar-refractivity contribution in [1.82, 2.24) is 60.6 Å². The van der Waals surface area contributed by atoms with Crippen LogP contribution in [0.5, 0.6) is 0 Å². The Kier molecular flexibility index (Phi) is 31.3. The van der Waals surface area contributed by atoms with Crippen LogP contribution in [0.2, 0.25) is 0 Å². The van der Waals surface area contributed by atoms with Gasteiger partial charge in [-0.1, -0.05) is 109 Å². The van der Waals surface area contributed by atoms with Crippen LogP contribution in [-0.2, 0) is 62.3 Å². The SMILES string of the molecule is C/C=C/C[C@@H](C)[C@@H](O)[C@H]1C(=O)N[C@@H](CC)C(=O)N(C)CC(=O)N(C)[C@@H](CC(C)C)C(=O)N[C@@H](C(C)C)C(=O)N(C)[C@@H](CC(C)C)C(=O)N[C@@H](C)C(=O)N[C@H](C)C(=O)N(C)[C@@H](CC(C)C)C(=O)N(C)[C@@H](CC(C)C)C(=O)N(C)[C@@](C(C)C)(C2CC(=O)N(O)C2=O)C(=O)N1C. The van der Waals surface area contributed by atoms with Gasteiger partial charge in [0.15, 0.2) is 0 Å². The molecule has 13 amide bonds. The summed E-state index contributed by atoms with van der Waals surface area (Å²) in [6, 6.07) is -12.3. The topological polar surface area (TPSA) is 336 Å². The van der Waals surface area contributed by atoms with Gasteiger partial charge >= 0.3 is 0 Å². The second kappa shape index (κ2) is 35.5. The maximum atomic E-state index is 16.2. The number of hydroxylamine groups is 2. The number of rotatable bonds is 16. The van der Waals surface area contributed by atoms with Crippen LogP contribution < -0.4 is 21.3 Å². The van der Waals surface area contributed by atoms with Crippen LogP contribution in [0.3, 0.4) is 0 Å². The molecule has 6 N–H and O–H groups in total. The molecule has 27 nitrogen and oxygen atoms in total. The first-order valence-electron chi connectivity index (χ1n) is 32.8. The van der Waals surface area contributed by atoms with Crippen molar-refractivity contribution in [1.29, 1.82) is 0 Å². The smallest absolute Gasteiger partial charge is 0.259 e. The summed E-state index contributed by atoms with van der Waals surface area (Å²) < 4.78 is 0.